The summed E-state index contributed by atoms with van der Waals surface area (Å²) >= 11 is 0. The summed E-state index contributed by atoms with van der Waals surface area (Å²) in [5, 5.41) is 8.66. The lowest BCUT2D eigenvalue weighted by atomic mass is 10.1. The first kappa shape index (κ1) is 11.4. The van der Waals surface area contributed by atoms with Crippen molar-refractivity contribution in [3.05, 3.63) is 0 Å². The Morgan fingerprint density at radius 3 is 2.86 bits per heavy atom. The van der Waals surface area contributed by atoms with E-state index in [2.05, 4.69) is 0 Å². The molecule has 1 unspecified atom stereocenters. The van der Waals surface area contributed by atoms with E-state index in [4.69, 9.17) is 15.6 Å². The summed E-state index contributed by atoms with van der Waals surface area (Å²) in [6.45, 7) is 6.50. The van der Waals surface area contributed by atoms with Crippen LogP contribution in [-0.4, -0.2) is 53.9 Å². The second-order valence-electron chi connectivity index (χ2n) is 4.29. The standard InChI is InChI=1S/C9H18N2O3/c1-9(2)6-11(3-4-14-9)5-7(10)8(12)13/h7H,3-6,10H2,1-2H3,(H,12,13). The Balaban J connectivity index is 2.42. The lowest BCUT2D eigenvalue weighted by Crippen LogP contribution is -2.53. The summed E-state index contributed by atoms with van der Waals surface area (Å²) in [7, 11) is 0. The van der Waals surface area contributed by atoms with Crippen molar-refractivity contribution in [2.75, 3.05) is 26.2 Å². The van der Waals surface area contributed by atoms with Crippen molar-refractivity contribution in [3.63, 3.8) is 0 Å². The number of ether oxygens (including phenoxy) is 1. The van der Waals surface area contributed by atoms with Gasteiger partial charge in [0.05, 0.1) is 12.2 Å². The summed E-state index contributed by atoms with van der Waals surface area (Å²) in [6.07, 6.45) is 0. The van der Waals surface area contributed by atoms with E-state index >= 15 is 0 Å². The van der Waals surface area contributed by atoms with Gasteiger partial charge in [-0.25, -0.2) is 0 Å². The molecular weight excluding hydrogens is 184 g/mol. The van der Waals surface area contributed by atoms with Crippen LogP contribution in [-0.2, 0) is 9.53 Å². The van der Waals surface area contributed by atoms with Gasteiger partial charge in [0.1, 0.15) is 6.04 Å². The molecule has 1 aliphatic heterocycles. The lowest BCUT2D eigenvalue weighted by Gasteiger charge is -2.38. The van der Waals surface area contributed by atoms with Crippen LogP contribution in [0.15, 0.2) is 0 Å². The number of nitrogens with zero attached hydrogens (tertiary/aromatic N) is 1. The van der Waals surface area contributed by atoms with Gasteiger partial charge in [0.2, 0.25) is 0 Å². The zero-order valence-electron chi connectivity index (χ0n) is 8.69. The van der Waals surface area contributed by atoms with Crippen molar-refractivity contribution in [1.29, 1.82) is 0 Å². The molecule has 1 fully saturated rings. The average molecular weight is 202 g/mol. The van der Waals surface area contributed by atoms with E-state index in [-0.39, 0.29) is 5.60 Å². The molecule has 0 radical (unpaired) electrons. The van der Waals surface area contributed by atoms with Crippen LogP contribution in [0.4, 0.5) is 0 Å². The third-order valence-corrected chi connectivity index (χ3v) is 2.28. The fraction of sp³-hybridized carbons (Fsp3) is 0.889. The molecule has 0 bridgehead atoms. The highest BCUT2D eigenvalue weighted by Crippen LogP contribution is 2.16. The second-order valence-corrected chi connectivity index (χ2v) is 4.29. The molecule has 14 heavy (non-hydrogen) atoms. The van der Waals surface area contributed by atoms with Crippen molar-refractivity contribution < 1.29 is 14.6 Å². The van der Waals surface area contributed by atoms with E-state index in [1.165, 1.54) is 0 Å². The molecule has 82 valence electrons. The molecule has 0 aromatic heterocycles. The number of nitrogens with two attached hydrogens (primary N) is 1. The molecule has 0 aliphatic carbocycles. The smallest absolute Gasteiger partial charge is 0.321 e. The van der Waals surface area contributed by atoms with Crippen molar-refractivity contribution >= 4 is 5.97 Å². The van der Waals surface area contributed by atoms with Crippen molar-refractivity contribution in [3.8, 4) is 0 Å². The van der Waals surface area contributed by atoms with Crippen molar-refractivity contribution in [2.24, 2.45) is 5.73 Å². The van der Waals surface area contributed by atoms with E-state index < -0.39 is 12.0 Å². The first-order valence-corrected chi connectivity index (χ1v) is 4.75. The topological polar surface area (TPSA) is 75.8 Å². The van der Waals surface area contributed by atoms with Crippen LogP contribution in [0, 0.1) is 0 Å². The Morgan fingerprint density at radius 1 is 1.71 bits per heavy atom. The Morgan fingerprint density at radius 2 is 2.36 bits per heavy atom. The number of carboxylic acids is 1. The van der Waals surface area contributed by atoms with Gasteiger partial charge in [-0.2, -0.15) is 0 Å². The third-order valence-electron chi connectivity index (χ3n) is 2.28. The second kappa shape index (κ2) is 4.25. The molecular formula is C9H18N2O3. The highest BCUT2D eigenvalue weighted by Gasteiger charge is 2.28. The highest BCUT2D eigenvalue weighted by atomic mass is 16.5. The van der Waals surface area contributed by atoms with Gasteiger partial charge < -0.3 is 15.6 Å². The zero-order chi connectivity index (χ0) is 10.8. The van der Waals surface area contributed by atoms with Gasteiger partial charge >= 0.3 is 5.97 Å². The molecule has 0 amide bonds. The van der Waals surface area contributed by atoms with E-state index in [9.17, 15) is 4.79 Å². The van der Waals surface area contributed by atoms with Crippen molar-refractivity contribution in [2.45, 2.75) is 25.5 Å². The Labute approximate surface area is 83.8 Å². The molecule has 0 aromatic carbocycles. The van der Waals surface area contributed by atoms with Gasteiger partial charge in [-0.15, -0.1) is 0 Å². The molecule has 3 N–H and O–H groups in total. The lowest BCUT2D eigenvalue weighted by molar-refractivity contribution is -0.140. The quantitative estimate of drug-likeness (QED) is 0.646. The molecule has 1 aliphatic rings. The minimum atomic E-state index is -0.950. The molecule has 1 atom stereocenters. The number of rotatable bonds is 3. The van der Waals surface area contributed by atoms with Crippen LogP contribution in [0.2, 0.25) is 0 Å². The summed E-state index contributed by atoms with van der Waals surface area (Å²) in [5.41, 5.74) is 5.26. The summed E-state index contributed by atoms with van der Waals surface area (Å²) in [4.78, 5) is 12.6. The number of aliphatic carboxylic acids is 1. The van der Waals surface area contributed by atoms with Gasteiger partial charge in [-0.05, 0) is 13.8 Å². The maximum Gasteiger partial charge on any atom is 0.321 e. The minimum absolute atomic E-state index is 0.198. The normalized spacial score (nSPS) is 24.5. The van der Waals surface area contributed by atoms with Crippen LogP contribution in [0.3, 0.4) is 0 Å². The molecule has 0 saturated carbocycles. The number of carbonyl (C=O) groups is 1. The van der Waals surface area contributed by atoms with Crippen molar-refractivity contribution in [1.82, 2.24) is 4.90 Å². The Kier molecular flexibility index (Phi) is 3.47. The summed E-state index contributed by atoms with van der Waals surface area (Å²) in [6, 6.07) is -0.802. The van der Waals surface area contributed by atoms with Gasteiger partial charge in [0.25, 0.3) is 0 Å². The number of carboxylic acid groups (broad SMARTS) is 1. The van der Waals surface area contributed by atoms with Gasteiger partial charge in [-0.1, -0.05) is 0 Å². The average Bonchev–Trinajstić information content (AvgIpc) is 2.01. The van der Waals surface area contributed by atoms with Crippen LogP contribution < -0.4 is 5.73 Å². The van der Waals surface area contributed by atoms with E-state index in [0.717, 1.165) is 13.1 Å². The van der Waals surface area contributed by atoms with Crippen LogP contribution in [0.1, 0.15) is 13.8 Å². The van der Waals surface area contributed by atoms with E-state index in [1.54, 1.807) is 0 Å². The molecule has 1 rings (SSSR count). The first-order valence-electron chi connectivity index (χ1n) is 4.75. The first-order chi connectivity index (χ1) is 6.41. The summed E-state index contributed by atoms with van der Waals surface area (Å²) in [5.74, 6) is -0.950. The third kappa shape index (κ3) is 3.25. The van der Waals surface area contributed by atoms with E-state index in [0.29, 0.717) is 13.2 Å². The predicted octanol–water partition coefficient (Wildman–Crippen LogP) is -0.491. The van der Waals surface area contributed by atoms with Gasteiger partial charge in [0.15, 0.2) is 0 Å². The van der Waals surface area contributed by atoms with Gasteiger partial charge in [-0.3, -0.25) is 9.69 Å². The number of morpholine rings is 1. The fourth-order valence-corrected chi connectivity index (χ4v) is 1.63. The zero-order valence-corrected chi connectivity index (χ0v) is 8.69. The molecule has 5 nitrogen and oxygen atoms in total. The highest BCUT2D eigenvalue weighted by molar-refractivity contribution is 5.73. The summed E-state index contributed by atoms with van der Waals surface area (Å²) < 4.78 is 5.51. The van der Waals surface area contributed by atoms with Crippen LogP contribution in [0.5, 0.6) is 0 Å². The molecule has 1 heterocycles. The minimum Gasteiger partial charge on any atom is -0.480 e. The van der Waals surface area contributed by atoms with Crippen LogP contribution in [0.25, 0.3) is 0 Å². The number of hydrogen-bond acceptors (Lipinski definition) is 4. The monoisotopic (exact) mass is 202 g/mol. The Hall–Kier alpha value is -0.650. The fourth-order valence-electron chi connectivity index (χ4n) is 1.63. The number of hydrogen-bond donors (Lipinski definition) is 2. The van der Waals surface area contributed by atoms with Gasteiger partial charge in [0, 0.05) is 19.6 Å². The SMILES string of the molecule is CC1(C)CN(CC(N)C(=O)O)CCO1. The molecule has 5 heteroatoms. The maximum atomic E-state index is 10.6. The maximum absolute atomic E-state index is 10.6. The predicted molar refractivity (Wildman–Crippen MR) is 52.1 cm³/mol. The molecule has 0 aromatic rings. The van der Waals surface area contributed by atoms with Crippen LogP contribution >= 0.6 is 0 Å². The van der Waals surface area contributed by atoms with E-state index in [1.807, 2.05) is 18.7 Å². The molecule has 0 spiro atoms. The largest absolute Gasteiger partial charge is 0.480 e. The molecule has 1 saturated heterocycles. The Bertz CT molecular complexity index is 218.